The van der Waals surface area contributed by atoms with Gasteiger partial charge >= 0.3 is 0 Å². The Hall–Kier alpha value is -2.40. The quantitative estimate of drug-likeness (QED) is 0.504. The molecule has 1 aliphatic rings. The summed E-state index contributed by atoms with van der Waals surface area (Å²) in [5.74, 6) is 4.51. The Bertz CT molecular complexity index is 693. The second-order valence-electron chi connectivity index (χ2n) is 5.32. The van der Waals surface area contributed by atoms with Crippen molar-refractivity contribution in [2.24, 2.45) is 11.8 Å². The van der Waals surface area contributed by atoms with Crippen molar-refractivity contribution in [3.63, 3.8) is 0 Å². The Morgan fingerprint density at radius 1 is 1.24 bits per heavy atom. The molecule has 2 aromatic rings. The van der Waals surface area contributed by atoms with E-state index in [4.69, 9.17) is 5.84 Å². The molecule has 0 saturated carbocycles. The molecule has 5 heteroatoms. The Morgan fingerprint density at radius 2 is 2.00 bits per heavy atom. The molecule has 0 radical (unpaired) electrons. The number of benzene rings is 2. The Balaban J connectivity index is 1.83. The molecule has 3 N–H and O–H groups in total. The van der Waals surface area contributed by atoms with Crippen LogP contribution in [0.3, 0.4) is 0 Å². The van der Waals surface area contributed by atoms with Gasteiger partial charge in [-0.3, -0.25) is 15.0 Å². The highest BCUT2D eigenvalue weighted by molar-refractivity contribution is 5.90. The molecule has 0 unspecified atom stereocenters. The van der Waals surface area contributed by atoms with Gasteiger partial charge in [0.2, 0.25) is 11.8 Å². The molecular formula is C16H17N3O2. The zero-order chi connectivity index (χ0) is 14.8. The lowest BCUT2D eigenvalue weighted by molar-refractivity contribution is -0.129. The van der Waals surface area contributed by atoms with E-state index in [0.717, 1.165) is 16.3 Å². The van der Waals surface area contributed by atoms with Crippen LogP contribution in [0.5, 0.6) is 0 Å². The highest BCUT2D eigenvalue weighted by Gasteiger charge is 2.33. The summed E-state index contributed by atoms with van der Waals surface area (Å²) in [6, 6.07) is 14.1. The van der Waals surface area contributed by atoms with Crippen LogP contribution in [0.25, 0.3) is 10.8 Å². The lowest BCUT2D eigenvalue weighted by Gasteiger charge is -2.17. The zero-order valence-electron chi connectivity index (χ0n) is 11.6. The number of nitrogens with two attached hydrogens (primary N) is 1. The van der Waals surface area contributed by atoms with Gasteiger partial charge in [-0.15, -0.1) is 0 Å². The molecule has 1 atom stereocenters. The van der Waals surface area contributed by atoms with Crippen LogP contribution in [-0.2, 0) is 16.1 Å². The standard InChI is InChI=1S/C16H17N3O2/c17-18-16(21)13-8-15(20)19(10-13)9-12-6-3-5-11-4-1-2-7-14(11)12/h1-7,13H,8-10,17H2,(H,18,21)/t13-/m0/s1. The number of hydrazine groups is 1. The Labute approximate surface area is 122 Å². The largest absolute Gasteiger partial charge is 0.338 e. The van der Waals surface area contributed by atoms with Gasteiger partial charge in [0, 0.05) is 19.5 Å². The van der Waals surface area contributed by atoms with Crippen LogP contribution < -0.4 is 11.3 Å². The minimum Gasteiger partial charge on any atom is -0.338 e. The first kappa shape index (κ1) is 13.6. The SMILES string of the molecule is NNC(=O)[C@H]1CC(=O)N(Cc2cccc3ccccc23)C1. The van der Waals surface area contributed by atoms with Gasteiger partial charge in [-0.2, -0.15) is 0 Å². The van der Waals surface area contributed by atoms with Gasteiger partial charge in [0.05, 0.1) is 5.92 Å². The van der Waals surface area contributed by atoms with Crippen molar-refractivity contribution in [2.45, 2.75) is 13.0 Å². The third kappa shape index (κ3) is 2.60. The Kier molecular flexibility index (Phi) is 3.58. The van der Waals surface area contributed by atoms with Crippen LogP contribution >= 0.6 is 0 Å². The number of nitrogens with zero attached hydrogens (tertiary/aromatic N) is 1. The molecule has 1 saturated heterocycles. The van der Waals surface area contributed by atoms with Crippen LogP contribution in [0, 0.1) is 5.92 Å². The first-order chi connectivity index (χ1) is 10.2. The number of nitrogens with one attached hydrogen (secondary N) is 1. The molecule has 3 rings (SSSR count). The molecule has 21 heavy (non-hydrogen) atoms. The number of likely N-dealkylation sites (tertiary alicyclic amines) is 1. The topological polar surface area (TPSA) is 75.4 Å². The van der Waals surface area contributed by atoms with Crippen LogP contribution in [0.15, 0.2) is 42.5 Å². The number of amides is 2. The highest BCUT2D eigenvalue weighted by atomic mass is 16.2. The maximum Gasteiger partial charge on any atom is 0.239 e. The van der Waals surface area contributed by atoms with E-state index in [-0.39, 0.29) is 24.2 Å². The summed E-state index contributed by atoms with van der Waals surface area (Å²) in [4.78, 5) is 25.3. The van der Waals surface area contributed by atoms with E-state index in [1.165, 1.54) is 0 Å². The van der Waals surface area contributed by atoms with E-state index in [2.05, 4.69) is 23.6 Å². The second kappa shape index (κ2) is 5.54. The van der Waals surface area contributed by atoms with Crippen LogP contribution in [0.4, 0.5) is 0 Å². The molecule has 0 aliphatic carbocycles. The van der Waals surface area contributed by atoms with Gasteiger partial charge in [-0.25, -0.2) is 5.84 Å². The van der Waals surface area contributed by atoms with Gasteiger partial charge in [0.1, 0.15) is 0 Å². The fraction of sp³-hybridized carbons (Fsp3) is 0.250. The fourth-order valence-electron chi connectivity index (χ4n) is 2.85. The fourth-order valence-corrected chi connectivity index (χ4v) is 2.85. The number of rotatable bonds is 3. The number of carbonyl (C=O) groups excluding carboxylic acids is 2. The van der Waals surface area contributed by atoms with Gasteiger partial charge in [0.25, 0.3) is 0 Å². The predicted octanol–water partition coefficient (Wildman–Crippen LogP) is 1.18. The molecule has 1 heterocycles. The molecule has 5 nitrogen and oxygen atoms in total. The summed E-state index contributed by atoms with van der Waals surface area (Å²) in [7, 11) is 0. The van der Waals surface area contributed by atoms with E-state index in [1.54, 1.807) is 4.90 Å². The molecule has 2 aromatic carbocycles. The molecule has 0 aromatic heterocycles. The van der Waals surface area contributed by atoms with E-state index < -0.39 is 0 Å². The summed E-state index contributed by atoms with van der Waals surface area (Å²) >= 11 is 0. The average Bonchev–Trinajstić information content (AvgIpc) is 2.88. The minimum atomic E-state index is -0.350. The lowest BCUT2D eigenvalue weighted by atomic mass is 10.0. The first-order valence-corrected chi connectivity index (χ1v) is 6.94. The molecule has 0 spiro atoms. The average molecular weight is 283 g/mol. The number of hydrogen-bond acceptors (Lipinski definition) is 3. The third-order valence-electron chi connectivity index (χ3n) is 3.97. The van der Waals surface area contributed by atoms with E-state index >= 15 is 0 Å². The zero-order valence-corrected chi connectivity index (χ0v) is 11.6. The maximum atomic E-state index is 12.1. The normalized spacial score (nSPS) is 18.2. The molecule has 108 valence electrons. The molecule has 2 amide bonds. The van der Waals surface area contributed by atoms with E-state index in [9.17, 15) is 9.59 Å². The summed E-state index contributed by atoms with van der Waals surface area (Å²) < 4.78 is 0. The van der Waals surface area contributed by atoms with Gasteiger partial charge in [-0.05, 0) is 16.3 Å². The molecule has 1 aliphatic heterocycles. The highest BCUT2D eigenvalue weighted by Crippen LogP contribution is 2.24. The van der Waals surface area contributed by atoms with Crippen molar-refractivity contribution < 1.29 is 9.59 Å². The van der Waals surface area contributed by atoms with Crippen LogP contribution in [0.1, 0.15) is 12.0 Å². The minimum absolute atomic E-state index is 0.00321. The van der Waals surface area contributed by atoms with Gasteiger partial charge in [0.15, 0.2) is 0 Å². The number of fused-ring (bicyclic) bond motifs is 1. The van der Waals surface area contributed by atoms with Crippen molar-refractivity contribution in [1.82, 2.24) is 10.3 Å². The smallest absolute Gasteiger partial charge is 0.239 e. The molecule has 1 fully saturated rings. The van der Waals surface area contributed by atoms with Crippen molar-refractivity contribution in [3.8, 4) is 0 Å². The number of hydrogen-bond donors (Lipinski definition) is 2. The van der Waals surface area contributed by atoms with Gasteiger partial charge in [-0.1, -0.05) is 42.5 Å². The summed E-state index contributed by atoms with van der Waals surface area (Å²) in [5.41, 5.74) is 3.22. The van der Waals surface area contributed by atoms with Crippen molar-refractivity contribution in [3.05, 3.63) is 48.0 Å². The Morgan fingerprint density at radius 3 is 2.81 bits per heavy atom. The predicted molar refractivity (Wildman–Crippen MR) is 79.8 cm³/mol. The molecule has 0 bridgehead atoms. The van der Waals surface area contributed by atoms with Crippen LogP contribution in [-0.4, -0.2) is 23.3 Å². The van der Waals surface area contributed by atoms with E-state index in [0.29, 0.717) is 13.1 Å². The van der Waals surface area contributed by atoms with Crippen molar-refractivity contribution >= 4 is 22.6 Å². The van der Waals surface area contributed by atoms with Gasteiger partial charge < -0.3 is 4.90 Å². The summed E-state index contributed by atoms with van der Waals surface area (Å²) in [5, 5.41) is 2.29. The molecular weight excluding hydrogens is 266 g/mol. The maximum absolute atomic E-state index is 12.1. The monoisotopic (exact) mass is 283 g/mol. The second-order valence-corrected chi connectivity index (χ2v) is 5.32. The summed E-state index contributed by atoms with van der Waals surface area (Å²) in [6.07, 6.45) is 0.230. The van der Waals surface area contributed by atoms with Crippen molar-refractivity contribution in [2.75, 3.05) is 6.54 Å². The summed E-state index contributed by atoms with van der Waals surface area (Å²) in [6.45, 7) is 0.944. The van der Waals surface area contributed by atoms with E-state index in [1.807, 2.05) is 24.3 Å². The lowest BCUT2D eigenvalue weighted by Crippen LogP contribution is -2.37. The number of carbonyl (C=O) groups is 2. The van der Waals surface area contributed by atoms with Crippen molar-refractivity contribution in [1.29, 1.82) is 0 Å². The third-order valence-corrected chi connectivity index (χ3v) is 3.97. The van der Waals surface area contributed by atoms with Crippen LogP contribution in [0.2, 0.25) is 0 Å². The first-order valence-electron chi connectivity index (χ1n) is 6.94.